The van der Waals surface area contributed by atoms with Crippen LogP contribution < -0.4 is 0 Å². The molecule has 3 rings (SSSR count). The average Bonchev–Trinajstić information content (AvgIpc) is 3.09. The Bertz CT molecular complexity index is 899. The molecule has 0 aliphatic rings. The zero-order chi connectivity index (χ0) is 19.2. The zero-order valence-corrected chi connectivity index (χ0v) is 18.2. The largest absolute Gasteiger partial charge is 0.212 e. The van der Waals surface area contributed by atoms with E-state index in [4.69, 9.17) is 0 Å². The van der Waals surface area contributed by atoms with Crippen LogP contribution in [0.4, 0.5) is 0 Å². The molecule has 0 aliphatic carbocycles. The van der Waals surface area contributed by atoms with E-state index in [0.717, 1.165) is 33.2 Å². The van der Waals surface area contributed by atoms with Gasteiger partial charge in [-0.1, -0.05) is 84.9 Å². The molecule has 4 nitrogen and oxygen atoms in total. The summed E-state index contributed by atoms with van der Waals surface area (Å²) in [5.41, 5.74) is 3.63. The van der Waals surface area contributed by atoms with Crippen molar-refractivity contribution in [2.45, 2.75) is 44.0 Å². The van der Waals surface area contributed by atoms with Crippen LogP contribution in [0.2, 0.25) is 0 Å². The molecule has 2 aromatic carbocycles. The second-order valence-electron chi connectivity index (χ2n) is 6.56. The summed E-state index contributed by atoms with van der Waals surface area (Å²) in [4.78, 5) is 0. The number of rotatable bonds is 7. The summed E-state index contributed by atoms with van der Waals surface area (Å²) in [7, 11) is 0. The summed E-state index contributed by atoms with van der Waals surface area (Å²) >= 11 is 5.12. The van der Waals surface area contributed by atoms with Crippen molar-refractivity contribution in [1.82, 2.24) is 14.9 Å². The van der Waals surface area contributed by atoms with Crippen LogP contribution in [0, 0.1) is 0 Å². The molecule has 1 heterocycles. The van der Waals surface area contributed by atoms with E-state index in [-0.39, 0.29) is 5.92 Å². The van der Waals surface area contributed by atoms with Crippen molar-refractivity contribution in [2.24, 2.45) is 5.10 Å². The summed E-state index contributed by atoms with van der Waals surface area (Å²) < 4.78 is 2.95. The number of hydrogen-bond donors (Lipinski definition) is 0. The van der Waals surface area contributed by atoms with Crippen LogP contribution in [0.25, 0.3) is 0 Å². The Morgan fingerprint density at radius 3 is 2.33 bits per heavy atom. The maximum atomic E-state index is 4.68. The summed E-state index contributed by atoms with van der Waals surface area (Å²) in [5, 5.41) is 14.2. The number of benzene rings is 2. The first-order chi connectivity index (χ1) is 13.1. The normalized spacial score (nSPS) is 11.6. The van der Waals surface area contributed by atoms with Gasteiger partial charge in [0, 0.05) is 16.1 Å². The molecule has 140 valence electrons. The van der Waals surface area contributed by atoms with Crippen LogP contribution in [0.3, 0.4) is 0 Å². The first-order valence-electron chi connectivity index (χ1n) is 9.02. The molecule has 0 saturated heterocycles. The van der Waals surface area contributed by atoms with Gasteiger partial charge in [0.05, 0.1) is 6.21 Å². The Hall–Kier alpha value is -1.92. The second-order valence-corrected chi connectivity index (χ2v) is 8.42. The average molecular weight is 443 g/mol. The van der Waals surface area contributed by atoms with Gasteiger partial charge in [0.25, 0.3) is 0 Å². The molecule has 27 heavy (non-hydrogen) atoms. The third kappa shape index (κ3) is 5.30. The Balaban J connectivity index is 1.80. The van der Waals surface area contributed by atoms with Gasteiger partial charge in [-0.05, 0) is 35.2 Å². The molecule has 0 radical (unpaired) electrons. The van der Waals surface area contributed by atoms with Crippen molar-refractivity contribution in [3.63, 3.8) is 0 Å². The van der Waals surface area contributed by atoms with Crippen molar-refractivity contribution in [1.29, 1.82) is 0 Å². The Labute approximate surface area is 173 Å². The minimum atomic E-state index is 0.249. The summed E-state index contributed by atoms with van der Waals surface area (Å²) in [6, 6.07) is 16.8. The highest BCUT2D eigenvalue weighted by Gasteiger charge is 2.15. The van der Waals surface area contributed by atoms with Crippen LogP contribution in [-0.4, -0.2) is 21.1 Å². The van der Waals surface area contributed by atoms with E-state index in [2.05, 4.69) is 101 Å². The van der Waals surface area contributed by atoms with E-state index in [1.54, 1.807) is 11.8 Å². The lowest BCUT2D eigenvalue weighted by molar-refractivity contribution is 0.667. The van der Waals surface area contributed by atoms with Gasteiger partial charge in [0.15, 0.2) is 5.82 Å². The van der Waals surface area contributed by atoms with Gasteiger partial charge < -0.3 is 0 Å². The van der Waals surface area contributed by atoms with Crippen LogP contribution in [0.1, 0.15) is 49.2 Å². The van der Waals surface area contributed by atoms with E-state index >= 15 is 0 Å². The minimum absolute atomic E-state index is 0.249. The highest BCUT2D eigenvalue weighted by molar-refractivity contribution is 9.10. The fraction of sp³-hybridized carbons (Fsp3) is 0.286. The third-order valence-electron chi connectivity index (χ3n) is 4.14. The van der Waals surface area contributed by atoms with Crippen molar-refractivity contribution in [3.05, 3.63) is 75.5 Å². The summed E-state index contributed by atoms with van der Waals surface area (Å²) in [6.07, 6.45) is 2.91. The van der Waals surface area contributed by atoms with Gasteiger partial charge in [-0.2, -0.15) is 9.78 Å². The van der Waals surface area contributed by atoms with Crippen LogP contribution in [0.15, 0.2) is 63.3 Å². The second kappa shape index (κ2) is 9.33. The van der Waals surface area contributed by atoms with Crippen LogP contribution >= 0.6 is 27.7 Å². The van der Waals surface area contributed by atoms with Gasteiger partial charge in [0.1, 0.15) is 0 Å². The molecule has 0 aliphatic heterocycles. The minimum Gasteiger partial charge on any atom is -0.191 e. The number of hydrogen-bond acceptors (Lipinski definition) is 4. The monoisotopic (exact) mass is 442 g/mol. The predicted molar refractivity (Wildman–Crippen MR) is 117 cm³/mol. The number of nitrogens with zero attached hydrogens (tertiary/aromatic N) is 4. The fourth-order valence-electron chi connectivity index (χ4n) is 2.53. The quantitative estimate of drug-likeness (QED) is 0.337. The molecule has 3 aromatic rings. The highest BCUT2D eigenvalue weighted by atomic mass is 79.9. The first-order valence-corrected chi connectivity index (χ1v) is 10.8. The highest BCUT2D eigenvalue weighted by Crippen LogP contribution is 2.25. The molecule has 0 unspecified atom stereocenters. The molecule has 0 atom stereocenters. The Morgan fingerprint density at radius 2 is 1.70 bits per heavy atom. The van der Waals surface area contributed by atoms with Gasteiger partial charge in [0.2, 0.25) is 5.16 Å². The SMILES string of the molecule is CCc1ccc(/C=N/n2c(SCc3ccc(Br)cc3)nnc2C(C)C)cc1. The lowest BCUT2D eigenvalue weighted by Gasteiger charge is -2.07. The number of halogens is 1. The molecule has 0 spiro atoms. The molecule has 0 N–H and O–H groups in total. The maximum Gasteiger partial charge on any atom is 0.212 e. The lowest BCUT2D eigenvalue weighted by Crippen LogP contribution is -2.02. The number of aryl methyl sites for hydroxylation is 1. The summed E-state index contributed by atoms with van der Waals surface area (Å²) in [5.74, 6) is 1.94. The standard InChI is InChI=1S/C21H23BrN4S/c1-4-16-5-7-17(8-6-16)13-23-26-20(15(2)3)24-25-21(26)27-14-18-9-11-19(22)12-10-18/h5-13,15H,4,14H2,1-3H3/b23-13+. The molecule has 6 heteroatoms. The predicted octanol–water partition coefficient (Wildman–Crippen LogP) is 5.90. The maximum absolute atomic E-state index is 4.68. The Kier molecular flexibility index (Phi) is 6.85. The van der Waals surface area contributed by atoms with E-state index in [1.807, 2.05) is 10.9 Å². The number of aromatic nitrogens is 3. The first kappa shape index (κ1) is 19.8. The van der Waals surface area contributed by atoms with Gasteiger partial charge in [-0.25, -0.2) is 0 Å². The molecule has 0 amide bonds. The number of thioether (sulfide) groups is 1. The Morgan fingerprint density at radius 1 is 1.04 bits per heavy atom. The van der Waals surface area contributed by atoms with Gasteiger partial charge in [-0.15, -0.1) is 10.2 Å². The molecular weight excluding hydrogens is 420 g/mol. The molecule has 0 bridgehead atoms. The lowest BCUT2D eigenvalue weighted by atomic mass is 10.1. The third-order valence-corrected chi connectivity index (χ3v) is 5.66. The fourth-order valence-corrected chi connectivity index (χ4v) is 3.64. The van der Waals surface area contributed by atoms with E-state index in [9.17, 15) is 0 Å². The van der Waals surface area contributed by atoms with Crippen molar-refractivity contribution in [3.8, 4) is 0 Å². The molecule has 1 aromatic heterocycles. The summed E-state index contributed by atoms with van der Waals surface area (Å²) in [6.45, 7) is 6.37. The van der Waals surface area contributed by atoms with Crippen molar-refractivity contribution < 1.29 is 0 Å². The van der Waals surface area contributed by atoms with Crippen molar-refractivity contribution in [2.75, 3.05) is 0 Å². The molecule has 0 saturated carbocycles. The van der Waals surface area contributed by atoms with Crippen LogP contribution in [-0.2, 0) is 12.2 Å². The van der Waals surface area contributed by atoms with Crippen molar-refractivity contribution >= 4 is 33.9 Å². The zero-order valence-electron chi connectivity index (χ0n) is 15.8. The smallest absolute Gasteiger partial charge is 0.191 e. The molecule has 0 fully saturated rings. The topological polar surface area (TPSA) is 43.1 Å². The van der Waals surface area contributed by atoms with E-state index in [1.165, 1.54) is 11.1 Å². The molecular formula is C21H23BrN4S. The van der Waals surface area contributed by atoms with Gasteiger partial charge in [-0.3, -0.25) is 0 Å². The van der Waals surface area contributed by atoms with E-state index in [0.29, 0.717) is 0 Å². The van der Waals surface area contributed by atoms with E-state index < -0.39 is 0 Å². The van der Waals surface area contributed by atoms with Crippen LogP contribution in [0.5, 0.6) is 0 Å². The van der Waals surface area contributed by atoms with Gasteiger partial charge >= 0.3 is 0 Å².